The minimum Gasteiger partial charge on any atom is -0.206 e. The van der Waals surface area contributed by atoms with E-state index in [0.717, 1.165) is 12.5 Å². The maximum absolute atomic E-state index is 11.5. The highest BCUT2D eigenvalue weighted by atomic mass is 35.5. The highest BCUT2D eigenvalue weighted by Crippen LogP contribution is 2.29. The molecule has 17 heavy (non-hydrogen) atoms. The van der Waals surface area contributed by atoms with Gasteiger partial charge in [-0.15, -0.1) is 0 Å². The molecule has 0 saturated heterocycles. The van der Waals surface area contributed by atoms with Crippen molar-refractivity contribution in [1.29, 1.82) is 0 Å². The second-order valence-electron chi connectivity index (χ2n) is 3.61. The largest absolute Gasteiger partial charge is 0.245 e. The van der Waals surface area contributed by atoms with E-state index in [1.165, 1.54) is 12.1 Å². The van der Waals surface area contributed by atoms with Crippen LogP contribution in [0.2, 0.25) is 5.02 Å². The third-order valence-electron chi connectivity index (χ3n) is 2.04. The zero-order chi connectivity index (χ0) is 13.4. The minimum absolute atomic E-state index is 0.0440. The second-order valence-corrected chi connectivity index (χ2v) is 7.91. The standard InChI is InChI=1S/C9H12ClNO4S2/c1-7-8(10)5-4-6-9(7)11(16(2,12)13)17(3,14)15/h4-6H,1-3H3. The van der Waals surface area contributed by atoms with Crippen molar-refractivity contribution >= 4 is 37.3 Å². The number of halogens is 1. The van der Waals surface area contributed by atoms with Gasteiger partial charge in [0.15, 0.2) is 0 Å². The second kappa shape index (κ2) is 4.47. The first-order valence-electron chi connectivity index (χ1n) is 4.50. The lowest BCUT2D eigenvalue weighted by Gasteiger charge is -2.21. The molecule has 96 valence electrons. The molecule has 0 saturated carbocycles. The van der Waals surface area contributed by atoms with Gasteiger partial charge in [0.1, 0.15) is 0 Å². The predicted octanol–water partition coefficient (Wildman–Crippen LogP) is 1.37. The summed E-state index contributed by atoms with van der Waals surface area (Å²) in [5.41, 5.74) is 0.438. The number of anilines is 1. The summed E-state index contributed by atoms with van der Waals surface area (Å²) in [6.45, 7) is 1.56. The summed E-state index contributed by atoms with van der Waals surface area (Å²) >= 11 is 5.84. The van der Waals surface area contributed by atoms with Crippen LogP contribution < -0.4 is 3.71 Å². The van der Waals surface area contributed by atoms with Crippen molar-refractivity contribution in [3.05, 3.63) is 28.8 Å². The van der Waals surface area contributed by atoms with Crippen molar-refractivity contribution in [1.82, 2.24) is 0 Å². The Balaban J connectivity index is 3.62. The van der Waals surface area contributed by atoms with Gasteiger partial charge in [0, 0.05) is 5.02 Å². The Bertz CT molecular complexity index is 605. The first-order chi connectivity index (χ1) is 7.55. The molecule has 0 bridgehead atoms. The van der Waals surface area contributed by atoms with Gasteiger partial charge in [0.2, 0.25) is 20.0 Å². The van der Waals surface area contributed by atoms with E-state index in [0.29, 0.717) is 14.3 Å². The molecule has 0 amide bonds. The van der Waals surface area contributed by atoms with Crippen LogP contribution in [0.5, 0.6) is 0 Å². The minimum atomic E-state index is -3.93. The SMILES string of the molecule is Cc1c(Cl)cccc1N(S(C)(=O)=O)S(C)(=O)=O. The molecule has 0 unspecified atom stereocenters. The van der Waals surface area contributed by atoms with Crippen LogP contribution in [0.4, 0.5) is 5.69 Å². The molecule has 1 aromatic carbocycles. The number of sulfonamides is 2. The maximum atomic E-state index is 11.5. The Morgan fingerprint density at radius 1 is 1.06 bits per heavy atom. The monoisotopic (exact) mass is 297 g/mol. The quantitative estimate of drug-likeness (QED) is 0.845. The molecule has 8 heteroatoms. The van der Waals surface area contributed by atoms with Gasteiger partial charge in [0.05, 0.1) is 18.2 Å². The van der Waals surface area contributed by atoms with Gasteiger partial charge in [-0.2, -0.15) is 3.71 Å². The Kier molecular flexibility index (Phi) is 3.75. The summed E-state index contributed by atoms with van der Waals surface area (Å²) in [7, 11) is -7.86. The van der Waals surface area contributed by atoms with Crippen LogP contribution >= 0.6 is 11.6 Å². The van der Waals surface area contributed by atoms with Gasteiger partial charge in [-0.3, -0.25) is 0 Å². The molecule has 0 N–H and O–H groups in total. The third kappa shape index (κ3) is 3.11. The average Bonchev–Trinajstić information content (AvgIpc) is 2.08. The molecule has 0 atom stereocenters. The lowest BCUT2D eigenvalue weighted by atomic mass is 10.2. The number of benzene rings is 1. The summed E-state index contributed by atoms with van der Waals surface area (Å²) in [5, 5.41) is 0.305. The summed E-state index contributed by atoms with van der Waals surface area (Å²) < 4.78 is 46.6. The van der Waals surface area contributed by atoms with Crippen LogP contribution in [0, 0.1) is 6.92 Å². The number of rotatable bonds is 3. The first kappa shape index (κ1) is 14.3. The van der Waals surface area contributed by atoms with Crippen LogP contribution in [-0.4, -0.2) is 29.3 Å². The molecule has 0 aliphatic carbocycles. The summed E-state index contributed by atoms with van der Waals surface area (Å²) in [6.07, 6.45) is 1.66. The van der Waals surface area contributed by atoms with Gasteiger partial charge < -0.3 is 0 Å². The lowest BCUT2D eigenvalue weighted by molar-refractivity contribution is 0.590. The summed E-state index contributed by atoms with van der Waals surface area (Å²) in [5.74, 6) is 0. The van der Waals surface area contributed by atoms with Gasteiger partial charge in [-0.25, -0.2) is 16.8 Å². The Labute approximate surface area is 106 Å². The van der Waals surface area contributed by atoms with Crippen molar-refractivity contribution < 1.29 is 16.8 Å². The fourth-order valence-corrected chi connectivity index (χ4v) is 4.64. The van der Waals surface area contributed by atoms with E-state index >= 15 is 0 Å². The predicted molar refractivity (Wildman–Crippen MR) is 68.4 cm³/mol. The van der Waals surface area contributed by atoms with E-state index in [-0.39, 0.29) is 5.69 Å². The van der Waals surface area contributed by atoms with E-state index < -0.39 is 20.0 Å². The molecule has 1 aromatic rings. The third-order valence-corrected chi connectivity index (χ3v) is 5.67. The molecule has 5 nitrogen and oxygen atoms in total. The molecule has 1 rings (SSSR count). The van der Waals surface area contributed by atoms with Crippen LogP contribution in [0.15, 0.2) is 18.2 Å². The number of nitrogens with zero attached hydrogens (tertiary/aromatic N) is 1. The van der Waals surface area contributed by atoms with E-state index in [1.54, 1.807) is 13.0 Å². The van der Waals surface area contributed by atoms with Crippen LogP contribution in [0.1, 0.15) is 5.56 Å². The van der Waals surface area contributed by atoms with Gasteiger partial charge in [-0.05, 0) is 24.6 Å². The molecule has 0 fully saturated rings. The van der Waals surface area contributed by atoms with Crippen LogP contribution in [0.25, 0.3) is 0 Å². The Hall–Kier alpha value is -0.790. The zero-order valence-corrected chi connectivity index (χ0v) is 11.9. The highest BCUT2D eigenvalue weighted by molar-refractivity contribution is 8.09. The normalized spacial score (nSPS) is 12.5. The first-order valence-corrected chi connectivity index (χ1v) is 8.58. The molecular formula is C9H12ClNO4S2. The molecule has 0 spiro atoms. The smallest absolute Gasteiger partial charge is 0.206 e. The van der Waals surface area contributed by atoms with E-state index in [1.807, 2.05) is 0 Å². The van der Waals surface area contributed by atoms with Gasteiger partial charge in [-0.1, -0.05) is 17.7 Å². The zero-order valence-electron chi connectivity index (χ0n) is 9.51. The molecule has 0 aromatic heterocycles. The van der Waals surface area contributed by atoms with Crippen molar-refractivity contribution in [3.8, 4) is 0 Å². The highest BCUT2D eigenvalue weighted by Gasteiger charge is 2.28. The fourth-order valence-electron chi connectivity index (χ4n) is 1.40. The molecule has 0 aliphatic rings. The van der Waals surface area contributed by atoms with Crippen molar-refractivity contribution in [2.45, 2.75) is 6.92 Å². The molecular weight excluding hydrogens is 286 g/mol. The lowest BCUT2D eigenvalue weighted by Crippen LogP contribution is -2.35. The van der Waals surface area contributed by atoms with Crippen LogP contribution in [0.3, 0.4) is 0 Å². The van der Waals surface area contributed by atoms with Crippen molar-refractivity contribution in [2.24, 2.45) is 0 Å². The van der Waals surface area contributed by atoms with Crippen LogP contribution in [-0.2, 0) is 20.0 Å². The number of hydrogen-bond acceptors (Lipinski definition) is 4. The van der Waals surface area contributed by atoms with E-state index in [4.69, 9.17) is 11.6 Å². The van der Waals surface area contributed by atoms with Gasteiger partial charge >= 0.3 is 0 Å². The van der Waals surface area contributed by atoms with E-state index in [2.05, 4.69) is 0 Å². The van der Waals surface area contributed by atoms with Crippen molar-refractivity contribution in [2.75, 3.05) is 16.2 Å². The van der Waals surface area contributed by atoms with Crippen molar-refractivity contribution in [3.63, 3.8) is 0 Å². The van der Waals surface area contributed by atoms with E-state index in [9.17, 15) is 16.8 Å². The summed E-state index contributed by atoms with van der Waals surface area (Å²) in [6, 6.07) is 4.44. The number of hydrogen-bond donors (Lipinski definition) is 0. The molecule has 0 heterocycles. The Morgan fingerprint density at radius 2 is 1.53 bits per heavy atom. The molecule has 0 aliphatic heterocycles. The fraction of sp³-hybridized carbons (Fsp3) is 0.333. The summed E-state index contributed by atoms with van der Waals surface area (Å²) in [4.78, 5) is 0. The van der Waals surface area contributed by atoms with Gasteiger partial charge in [0.25, 0.3) is 0 Å². The topological polar surface area (TPSA) is 71.5 Å². The average molecular weight is 298 g/mol. The maximum Gasteiger partial charge on any atom is 0.245 e. The Morgan fingerprint density at radius 3 is 1.94 bits per heavy atom. The molecule has 0 radical (unpaired) electrons.